The number of carbonyl (C=O) groups excluding carboxylic acids is 1. The predicted octanol–water partition coefficient (Wildman–Crippen LogP) is 3.78. The van der Waals surface area contributed by atoms with Crippen LogP contribution in [-0.4, -0.2) is 5.91 Å². The molecule has 0 aliphatic rings. The maximum atomic E-state index is 11.0. The van der Waals surface area contributed by atoms with Gasteiger partial charge in [0.25, 0.3) is 0 Å². The molecule has 0 saturated heterocycles. The molecule has 0 bridgehead atoms. The van der Waals surface area contributed by atoms with Crippen molar-refractivity contribution in [3.8, 4) is 0 Å². The van der Waals surface area contributed by atoms with Gasteiger partial charge in [0.05, 0.1) is 6.04 Å². The van der Waals surface area contributed by atoms with Gasteiger partial charge in [0.1, 0.15) is 0 Å². The third kappa shape index (κ3) is 3.11. The fourth-order valence-electron chi connectivity index (χ4n) is 1.61. The molecule has 0 fully saturated rings. The molecule has 0 spiro atoms. The summed E-state index contributed by atoms with van der Waals surface area (Å²) in [6.45, 7) is 2.10. The Morgan fingerprint density at radius 1 is 1.39 bits per heavy atom. The van der Waals surface area contributed by atoms with E-state index in [0.717, 1.165) is 10.2 Å². The van der Waals surface area contributed by atoms with Crippen molar-refractivity contribution >= 4 is 38.9 Å². The van der Waals surface area contributed by atoms with Gasteiger partial charge in [0.2, 0.25) is 5.91 Å². The van der Waals surface area contributed by atoms with Crippen molar-refractivity contribution in [2.24, 2.45) is 5.73 Å². The Morgan fingerprint density at radius 3 is 2.56 bits per heavy atom. The fourth-order valence-corrected chi connectivity index (χ4v) is 3.06. The Labute approximate surface area is 118 Å². The number of anilines is 1. The minimum Gasteiger partial charge on any atom is -0.378 e. The van der Waals surface area contributed by atoms with Gasteiger partial charge in [0, 0.05) is 26.0 Å². The third-order valence-corrected chi connectivity index (χ3v) is 4.44. The molecule has 0 saturated carbocycles. The number of thiophene rings is 1. The Morgan fingerprint density at radius 2 is 2.06 bits per heavy atom. The zero-order chi connectivity index (χ0) is 13.1. The van der Waals surface area contributed by atoms with Crippen LogP contribution in [0, 0.1) is 0 Å². The van der Waals surface area contributed by atoms with E-state index < -0.39 is 5.91 Å². The van der Waals surface area contributed by atoms with E-state index in [4.69, 9.17) is 5.73 Å². The van der Waals surface area contributed by atoms with Crippen LogP contribution in [0.2, 0.25) is 0 Å². The van der Waals surface area contributed by atoms with Crippen LogP contribution in [-0.2, 0) is 0 Å². The second kappa shape index (κ2) is 5.54. The number of hydrogen-bond acceptors (Lipinski definition) is 3. The smallest absolute Gasteiger partial charge is 0.248 e. The SMILES string of the molecule is CC(Nc1ccc(C(N)=O)cc1)c1cc(Br)cs1. The first-order chi connectivity index (χ1) is 8.56. The zero-order valence-corrected chi connectivity index (χ0v) is 12.2. The van der Waals surface area contributed by atoms with Gasteiger partial charge >= 0.3 is 0 Å². The van der Waals surface area contributed by atoms with Crippen molar-refractivity contribution in [3.63, 3.8) is 0 Å². The quantitative estimate of drug-likeness (QED) is 0.899. The molecule has 1 aromatic carbocycles. The second-order valence-corrected chi connectivity index (χ2v) is 5.83. The summed E-state index contributed by atoms with van der Waals surface area (Å²) < 4.78 is 1.10. The summed E-state index contributed by atoms with van der Waals surface area (Å²) in [4.78, 5) is 12.2. The van der Waals surface area contributed by atoms with Crippen LogP contribution in [0.15, 0.2) is 40.2 Å². The summed E-state index contributed by atoms with van der Waals surface area (Å²) in [5.41, 5.74) is 6.69. The van der Waals surface area contributed by atoms with Gasteiger partial charge in [-0.1, -0.05) is 0 Å². The van der Waals surface area contributed by atoms with Crippen LogP contribution in [0.4, 0.5) is 5.69 Å². The van der Waals surface area contributed by atoms with Crippen molar-refractivity contribution in [2.45, 2.75) is 13.0 Å². The van der Waals surface area contributed by atoms with Crippen LogP contribution >= 0.6 is 27.3 Å². The lowest BCUT2D eigenvalue weighted by atomic mass is 10.2. The molecular formula is C13H13BrN2OS. The summed E-state index contributed by atoms with van der Waals surface area (Å²) in [5, 5.41) is 5.43. The molecular weight excluding hydrogens is 312 g/mol. The molecule has 1 aromatic heterocycles. The number of nitrogens with two attached hydrogens (primary N) is 1. The molecule has 5 heteroatoms. The van der Waals surface area contributed by atoms with Crippen LogP contribution in [0.5, 0.6) is 0 Å². The fraction of sp³-hybridized carbons (Fsp3) is 0.154. The standard InChI is InChI=1S/C13H13BrN2OS/c1-8(12-6-10(14)7-18-12)16-11-4-2-9(3-5-11)13(15)17/h2-8,16H,1H3,(H2,15,17). The summed E-state index contributed by atoms with van der Waals surface area (Å²) in [6.07, 6.45) is 0. The number of carbonyl (C=O) groups is 1. The number of amides is 1. The van der Waals surface area contributed by atoms with Crippen LogP contribution in [0.3, 0.4) is 0 Å². The Hall–Kier alpha value is -1.33. The van der Waals surface area contributed by atoms with Gasteiger partial charge in [-0.05, 0) is 53.2 Å². The predicted molar refractivity (Wildman–Crippen MR) is 79.0 cm³/mol. The van der Waals surface area contributed by atoms with Crippen molar-refractivity contribution in [1.82, 2.24) is 0 Å². The number of hydrogen-bond donors (Lipinski definition) is 2. The Balaban J connectivity index is 2.07. The molecule has 3 N–H and O–H groups in total. The number of primary amides is 1. The lowest BCUT2D eigenvalue weighted by Crippen LogP contribution is -2.11. The van der Waals surface area contributed by atoms with Crippen molar-refractivity contribution < 1.29 is 4.79 Å². The van der Waals surface area contributed by atoms with E-state index in [0.29, 0.717) is 5.56 Å². The number of halogens is 1. The van der Waals surface area contributed by atoms with Gasteiger partial charge in [-0.25, -0.2) is 0 Å². The molecule has 2 aromatic rings. The van der Waals surface area contributed by atoms with Gasteiger partial charge in [-0.15, -0.1) is 11.3 Å². The molecule has 94 valence electrons. The topological polar surface area (TPSA) is 55.1 Å². The highest BCUT2D eigenvalue weighted by atomic mass is 79.9. The summed E-state index contributed by atoms with van der Waals surface area (Å²) in [7, 11) is 0. The number of rotatable bonds is 4. The molecule has 2 rings (SSSR count). The van der Waals surface area contributed by atoms with Gasteiger partial charge in [-0.3, -0.25) is 4.79 Å². The Bertz CT molecular complexity index is 550. The maximum absolute atomic E-state index is 11.0. The van der Waals surface area contributed by atoms with E-state index >= 15 is 0 Å². The summed E-state index contributed by atoms with van der Waals surface area (Å²) in [6, 6.07) is 9.49. The molecule has 18 heavy (non-hydrogen) atoms. The van der Waals surface area contributed by atoms with Gasteiger partial charge < -0.3 is 11.1 Å². The maximum Gasteiger partial charge on any atom is 0.248 e. The third-order valence-electron chi connectivity index (χ3n) is 2.57. The van der Waals surface area contributed by atoms with Crippen molar-refractivity contribution in [2.75, 3.05) is 5.32 Å². The van der Waals surface area contributed by atoms with Gasteiger partial charge in [0.15, 0.2) is 0 Å². The molecule has 1 heterocycles. The largest absolute Gasteiger partial charge is 0.378 e. The normalized spacial score (nSPS) is 12.1. The van der Waals surface area contributed by atoms with Gasteiger partial charge in [-0.2, -0.15) is 0 Å². The van der Waals surface area contributed by atoms with Crippen LogP contribution in [0.25, 0.3) is 0 Å². The van der Waals surface area contributed by atoms with Crippen LogP contribution in [0.1, 0.15) is 28.2 Å². The average Bonchev–Trinajstić information content (AvgIpc) is 2.76. The van der Waals surface area contributed by atoms with E-state index in [1.165, 1.54) is 4.88 Å². The summed E-state index contributed by atoms with van der Waals surface area (Å²) >= 11 is 5.14. The lowest BCUT2D eigenvalue weighted by Gasteiger charge is -2.13. The molecule has 0 aliphatic heterocycles. The van der Waals surface area contributed by atoms with Crippen molar-refractivity contribution in [1.29, 1.82) is 0 Å². The average molecular weight is 325 g/mol. The van der Waals surface area contributed by atoms with E-state index in [1.807, 2.05) is 12.1 Å². The zero-order valence-electron chi connectivity index (χ0n) is 9.81. The highest BCUT2D eigenvalue weighted by molar-refractivity contribution is 9.10. The molecule has 1 unspecified atom stereocenters. The first-order valence-corrected chi connectivity index (χ1v) is 7.14. The van der Waals surface area contributed by atoms with Crippen molar-refractivity contribution in [3.05, 3.63) is 50.6 Å². The monoisotopic (exact) mass is 324 g/mol. The molecule has 1 amide bonds. The summed E-state index contributed by atoms with van der Waals surface area (Å²) in [5.74, 6) is -0.406. The molecule has 3 nitrogen and oxygen atoms in total. The van der Waals surface area contributed by atoms with E-state index in [1.54, 1.807) is 23.5 Å². The van der Waals surface area contributed by atoms with E-state index in [9.17, 15) is 4.79 Å². The highest BCUT2D eigenvalue weighted by Gasteiger charge is 2.08. The minimum atomic E-state index is -0.406. The van der Waals surface area contributed by atoms with E-state index in [2.05, 4.69) is 39.6 Å². The molecule has 0 aliphatic carbocycles. The first-order valence-electron chi connectivity index (χ1n) is 5.46. The molecule has 0 radical (unpaired) electrons. The Kier molecular flexibility index (Phi) is 4.04. The lowest BCUT2D eigenvalue weighted by molar-refractivity contribution is 0.100. The van der Waals surface area contributed by atoms with Crippen LogP contribution < -0.4 is 11.1 Å². The number of nitrogens with one attached hydrogen (secondary N) is 1. The molecule has 1 atom stereocenters. The first kappa shape index (κ1) is 13.1. The van der Waals surface area contributed by atoms with E-state index in [-0.39, 0.29) is 6.04 Å². The number of benzene rings is 1. The minimum absolute atomic E-state index is 0.223. The highest BCUT2D eigenvalue weighted by Crippen LogP contribution is 2.27. The second-order valence-electron chi connectivity index (χ2n) is 3.97.